The summed E-state index contributed by atoms with van der Waals surface area (Å²) in [6, 6.07) is 0. The Hall–Kier alpha value is -1.59. The van der Waals surface area contributed by atoms with Gasteiger partial charge in [-0.25, -0.2) is 0 Å². The van der Waals surface area contributed by atoms with E-state index in [1.54, 1.807) is 0 Å². The van der Waals surface area contributed by atoms with E-state index in [-0.39, 0.29) is 31.1 Å². The van der Waals surface area contributed by atoms with E-state index in [1.165, 1.54) is 193 Å². The quantitative estimate of drug-likeness (QED) is 0.0344. The van der Waals surface area contributed by atoms with Gasteiger partial charge in [-0.05, 0) is 31.1 Å². The maximum absolute atomic E-state index is 12.8. The molecule has 0 heterocycles. The fourth-order valence-corrected chi connectivity index (χ4v) is 8.28. The number of ether oxygens (including phenoxy) is 3. The third kappa shape index (κ3) is 46.2. The van der Waals surface area contributed by atoms with E-state index in [1.807, 2.05) is 0 Å². The first-order chi connectivity index (χ1) is 29.8. The summed E-state index contributed by atoms with van der Waals surface area (Å²) in [5, 5.41) is 0. The van der Waals surface area contributed by atoms with Crippen molar-refractivity contribution in [2.45, 2.75) is 310 Å². The Kier molecular flexibility index (Phi) is 46.6. The second-order valence-electron chi connectivity index (χ2n) is 19.4. The molecule has 6 nitrogen and oxygen atoms in total. The first-order valence-electron chi connectivity index (χ1n) is 27.3. The minimum Gasteiger partial charge on any atom is -0.462 e. The van der Waals surface area contributed by atoms with Crippen molar-refractivity contribution in [3.63, 3.8) is 0 Å². The lowest BCUT2D eigenvalue weighted by Crippen LogP contribution is -2.30. The van der Waals surface area contributed by atoms with Crippen LogP contribution in [-0.4, -0.2) is 37.2 Å². The predicted molar refractivity (Wildman–Crippen MR) is 261 cm³/mol. The molecule has 0 rings (SSSR count). The van der Waals surface area contributed by atoms with Crippen LogP contribution in [0.2, 0.25) is 0 Å². The van der Waals surface area contributed by atoms with Crippen LogP contribution in [0.3, 0.4) is 0 Å². The van der Waals surface area contributed by atoms with Crippen molar-refractivity contribution in [2.24, 2.45) is 11.8 Å². The molecule has 6 heteroatoms. The van der Waals surface area contributed by atoms with E-state index < -0.39 is 6.10 Å². The summed E-state index contributed by atoms with van der Waals surface area (Å²) in [4.78, 5) is 37.9. The first kappa shape index (κ1) is 59.4. The van der Waals surface area contributed by atoms with Crippen LogP contribution in [0.4, 0.5) is 0 Å². The second kappa shape index (κ2) is 47.9. The van der Waals surface area contributed by atoms with E-state index in [4.69, 9.17) is 14.2 Å². The highest BCUT2D eigenvalue weighted by Gasteiger charge is 2.19. The Morgan fingerprint density at radius 2 is 0.574 bits per heavy atom. The molecule has 3 atom stereocenters. The average molecular weight is 863 g/mol. The minimum absolute atomic E-state index is 0.0640. The highest BCUT2D eigenvalue weighted by Crippen LogP contribution is 2.18. The average Bonchev–Trinajstić information content (AvgIpc) is 3.26. The smallest absolute Gasteiger partial charge is 0.306 e. The van der Waals surface area contributed by atoms with Crippen molar-refractivity contribution in [2.75, 3.05) is 13.2 Å². The Morgan fingerprint density at radius 3 is 0.852 bits per heavy atom. The van der Waals surface area contributed by atoms with Gasteiger partial charge in [-0.2, -0.15) is 0 Å². The molecule has 362 valence electrons. The van der Waals surface area contributed by atoms with Crippen LogP contribution in [0.15, 0.2) is 0 Å². The van der Waals surface area contributed by atoms with Crippen LogP contribution in [0, 0.1) is 11.8 Å². The topological polar surface area (TPSA) is 78.9 Å². The summed E-state index contributed by atoms with van der Waals surface area (Å²) in [6.07, 6.45) is 49.5. The molecule has 0 N–H and O–H groups in total. The third-order valence-corrected chi connectivity index (χ3v) is 13.2. The van der Waals surface area contributed by atoms with Crippen LogP contribution < -0.4 is 0 Å². The molecule has 0 spiro atoms. The SMILES string of the molecule is CCCCCCCCCCCCCC(=O)O[C@H](COC(=O)CCCCCCCCCCCCCCCCCCCCC(C)CC)COC(=O)CCCCCCCCC(C)CC. The van der Waals surface area contributed by atoms with E-state index >= 15 is 0 Å². The number of hydrogen-bond acceptors (Lipinski definition) is 6. The number of hydrogen-bond donors (Lipinski definition) is 0. The van der Waals surface area contributed by atoms with Crippen molar-refractivity contribution in [3.8, 4) is 0 Å². The standard InChI is InChI=1S/C55H106O6/c1-6-9-10-11-12-13-22-27-30-37-42-47-55(58)61-52(49-60-54(57)46-41-36-32-31-34-39-44-51(5)8-3)48-59-53(56)45-40-35-29-26-24-21-19-17-15-14-16-18-20-23-25-28-33-38-43-50(4)7-2/h50-52H,6-49H2,1-5H3/t50?,51?,52-/m1/s1. The molecular weight excluding hydrogens is 757 g/mol. The van der Waals surface area contributed by atoms with Crippen molar-refractivity contribution in [1.29, 1.82) is 0 Å². The highest BCUT2D eigenvalue weighted by atomic mass is 16.6. The van der Waals surface area contributed by atoms with Gasteiger partial charge in [0.05, 0.1) is 0 Å². The monoisotopic (exact) mass is 863 g/mol. The molecule has 0 aliphatic carbocycles. The Balaban J connectivity index is 4.17. The normalized spacial score (nSPS) is 12.9. The van der Waals surface area contributed by atoms with Gasteiger partial charge in [0.15, 0.2) is 6.10 Å². The summed E-state index contributed by atoms with van der Waals surface area (Å²) in [5.41, 5.74) is 0. The first-order valence-corrected chi connectivity index (χ1v) is 27.3. The van der Waals surface area contributed by atoms with Gasteiger partial charge in [-0.3, -0.25) is 14.4 Å². The van der Waals surface area contributed by atoms with Gasteiger partial charge in [0.1, 0.15) is 13.2 Å². The molecule has 0 aromatic rings. The maximum Gasteiger partial charge on any atom is 0.306 e. The highest BCUT2D eigenvalue weighted by molar-refractivity contribution is 5.71. The predicted octanol–water partition coefficient (Wildman–Crippen LogP) is 17.7. The number of unbranched alkanes of at least 4 members (excludes halogenated alkanes) is 32. The zero-order valence-electron chi connectivity index (χ0n) is 41.8. The summed E-state index contributed by atoms with van der Waals surface area (Å²) < 4.78 is 16.8. The molecule has 0 aromatic heterocycles. The molecule has 0 aliphatic rings. The zero-order chi connectivity index (χ0) is 44.7. The lowest BCUT2D eigenvalue weighted by Gasteiger charge is -2.18. The van der Waals surface area contributed by atoms with Crippen LogP contribution in [-0.2, 0) is 28.6 Å². The van der Waals surface area contributed by atoms with Crippen LogP contribution in [0.5, 0.6) is 0 Å². The van der Waals surface area contributed by atoms with Gasteiger partial charge < -0.3 is 14.2 Å². The summed E-state index contributed by atoms with van der Waals surface area (Å²) in [5.74, 6) is 0.875. The Bertz CT molecular complexity index is 935. The molecule has 0 saturated carbocycles. The van der Waals surface area contributed by atoms with Gasteiger partial charge >= 0.3 is 17.9 Å². The number of carbonyl (C=O) groups is 3. The molecule has 0 aliphatic heterocycles. The van der Waals surface area contributed by atoms with Crippen molar-refractivity contribution in [1.82, 2.24) is 0 Å². The Morgan fingerprint density at radius 1 is 0.328 bits per heavy atom. The van der Waals surface area contributed by atoms with Gasteiger partial charge in [0.2, 0.25) is 0 Å². The van der Waals surface area contributed by atoms with Gasteiger partial charge in [-0.1, -0.05) is 266 Å². The minimum atomic E-state index is -0.762. The largest absolute Gasteiger partial charge is 0.462 e. The van der Waals surface area contributed by atoms with Crippen molar-refractivity contribution >= 4 is 17.9 Å². The van der Waals surface area contributed by atoms with Crippen LogP contribution in [0.25, 0.3) is 0 Å². The fourth-order valence-electron chi connectivity index (χ4n) is 8.28. The molecule has 61 heavy (non-hydrogen) atoms. The molecular formula is C55H106O6. The molecule has 0 amide bonds. The summed E-state index contributed by atoms with van der Waals surface area (Å²) in [6.45, 7) is 11.4. The van der Waals surface area contributed by atoms with Crippen molar-refractivity contribution in [3.05, 3.63) is 0 Å². The maximum atomic E-state index is 12.8. The molecule has 0 fully saturated rings. The number of rotatable bonds is 49. The third-order valence-electron chi connectivity index (χ3n) is 13.2. The fraction of sp³-hybridized carbons (Fsp3) is 0.945. The molecule has 0 radical (unpaired) electrons. The van der Waals surface area contributed by atoms with Gasteiger partial charge in [0, 0.05) is 19.3 Å². The molecule has 0 aromatic carbocycles. The molecule has 0 saturated heterocycles. The lowest BCUT2D eigenvalue weighted by atomic mass is 9.99. The molecule has 2 unspecified atom stereocenters. The summed E-state index contributed by atoms with van der Waals surface area (Å²) >= 11 is 0. The van der Waals surface area contributed by atoms with E-state index in [0.29, 0.717) is 19.3 Å². The summed E-state index contributed by atoms with van der Waals surface area (Å²) in [7, 11) is 0. The Labute approximate surface area is 380 Å². The number of esters is 3. The zero-order valence-corrected chi connectivity index (χ0v) is 41.8. The molecule has 0 bridgehead atoms. The lowest BCUT2D eigenvalue weighted by molar-refractivity contribution is -0.167. The second-order valence-corrected chi connectivity index (χ2v) is 19.4. The van der Waals surface area contributed by atoms with Crippen LogP contribution >= 0.6 is 0 Å². The number of carbonyl (C=O) groups excluding carboxylic acids is 3. The van der Waals surface area contributed by atoms with Crippen molar-refractivity contribution < 1.29 is 28.6 Å². The van der Waals surface area contributed by atoms with E-state index in [2.05, 4.69) is 34.6 Å². The van der Waals surface area contributed by atoms with E-state index in [9.17, 15) is 14.4 Å². The van der Waals surface area contributed by atoms with E-state index in [0.717, 1.165) is 69.6 Å². The van der Waals surface area contributed by atoms with Gasteiger partial charge in [-0.15, -0.1) is 0 Å². The van der Waals surface area contributed by atoms with Gasteiger partial charge in [0.25, 0.3) is 0 Å². The van der Waals surface area contributed by atoms with Crippen LogP contribution in [0.1, 0.15) is 304 Å².